The molecule has 0 saturated carbocycles. The van der Waals surface area contributed by atoms with Gasteiger partial charge in [-0.25, -0.2) is 8.42 Å². The molecular formula is C19H26N4O3S. The van der Waals surface area contributed by atoms with Crippen molar-refractivity contribution in [1.82, 2.24) is 14.1 Å². The van der Waals surface area contributed by atoms with Crippen LogP contribution in [-0.4, -0.2) is 41.5 Å². The summed E-state index contributed by atoms with van der Waals surface area (Å²) < 4.78 is 28.7. The van der Waals surface area contributed by atoms with Crippen LogP contribution < -0.4 is 5.32 Å². The van der Waals surface area contributed by atoms with E-state index in [1.54, 1.807) is 39.4 Å². The number of carbonyl (C=O) groups excluding carboxylic acids is 1. The molecule has 1 aliphatic rings. The van der Waals surface area contributed by atoms with Gasteiger partial charge in [0, 0.05) is 38.4 Å². The average molecular weight is 391 g/mol. The van der Waals surface area contributed by atoms with Crippen molar-refractivity contribution in [2.75, 3.05) is 18.4 Å². The van der Waals surface area contributed by atoms with Gasteiger partial charge in [-0.3, -0.25) is 9.48 Å². The van der Waals surface area contributed by atoms with Crippen molar-refractivity contribution in [3.05, 3.63) is 42.2 Å². The molecule has 1 N–H and O–H groups in total. The molecule has 7 nitrogen and oxygen atoms in total. The molecule has 1 aromatic carbocycles. The first kappa shape index (κ1) is 19.6. The highest BCUT2D eigenvalue weighted by Gasteiger charge is 2.27. The molecule has 1 aliphatic heterocycles. The number of nitrogens with one attached hydrogen (secondary N) is 1. The number of aryl methyl sites for hydroxylation is 2. The highest BCUT2D eigenvalue weighted by Crippen LogP contribution is 2.24. The Morgan fingerprint density at radius 3 is 2.48 bits per heavy atom. The van der Waals surface area contributed by atoms with E-state index in [4.69, 9.17) is 0 Å². The zero-order valence-corrected chi connectivity index (χ0v) is 16.6. The SMILES string of the molecule is CC1CCN(S(=O)(=O)c2ccc(NC(=O)CCc3cnn(C)c3)cc2)CC1. The van der Waals surface area contributed by atoms with Crippen molar-refractivity contribution in [1.29, 1.82) is 0 Å². The van der Waals surface area contributed by atoms with E-state index in [1.165, 1.54) is 0 Å². The lowest BCUT2D eigenvalue weighted by Crippen LogP contribution is -2.37. The highest BCUT2D eigenvalue weighted by molar-refractivity contribution is 7.89. The first-order valence-corrected chi connectivity index (χ1v) is 10.7. The molecule has 0 spiro atoms. The van der Waals surface area contributed by atoms with Gasteiger partial charge in [0.05, 0.1) is 11.1 Å². The first-order valence-electron chi connectivity index (χ1n) is 9.22. The summed E-state index contributed by atoms with van der Waals surface area (Å²) in [7, 11) is -1.63. The largest absolute Gasteiger partial charge is 0.326 e. The number of benzene rings is 1. The van der Waals surface area contributed by atoms with Crippen LogP contribution in [0.15, 0.2) is 41.6 Å². The topological polar surface area (TPSA) is 84.3 Å². The van der Waals surface area contributed by atoms with Crippen molar-refractivity contribution in [2.45, 2.75) is 37.5 Å². The molecule has 1 amide bonds. The van der Waals surface area contributed by atoms with E-state index in [9.17, 15) is 13.2 Å². The number of aromatic nitrogens is 2. The molecule has 0 unspecified atom stereocenters. The Bertz CT molecular complexity index is 882. The highest BCUT2D eigenvalue weighted by atomic mass is 32.2. The standard InChI is InChI=1S/C19H26N4O3S/c1-15-9-11-23(12-10-15)27(25,26)18-6-4-17(5-7-18)21-19(24)8-3-16-13-20-22(2)14-16/h4-7,13-15H,3,8-12H2,1-2H3,(H,21,24). The second kappa shape index (κ2) is 8.22. The van der Waals surface area contributed by atoms with Crippen molar-refractivity contribution in [3.8, 4) is 0 Å². The van der Waals surface area contributed by atoms with Gasteiger partial charge in [-0.1, -0.05) is 6.92 Å². The number of sulfonamides is 1. The Morgan fingerprint density at radius 2 is 1.89 bits per heavy atom. The van der Waals surface area contributed by atoms with E-state index >= 15 is 0 Å². The Kier molecular flexibility index (Phi) is 5.96. The monoisotopic (exact) mass is 390 g/mol. The Hall–Kier alpha value is -2.19. The van der Waals surface area contributed by atoms with E-state index in [2.05, 4.69) is 17.3 Å². The Balaban J connectivity index is 1.57. The van der Waals surface area contributed by atoms with Crippen LogP contribution in [0, 0.1) is 5.92 Å². The molecule has 27 heavy (non-hydrogen) atoms. The Labute approximate surface area is 160 Å². The minimum absolute atomic E-state index is 0.112. The lowest BCUT2D eigenvalue weighted by Gasteiger charge is -2.29. The number of anilines is 1. The van der Waals surface area contributed by atoms with Crippen LogP contribution in [0.5, 0.6) is 0 Å². The van der Waals surface area contributed by atoms with Crippen molar-refractivity contribution in [3.63, 3.8) is 0 Å². The van der Waals surface area contributed by atoms with Crippen LogP contribution in [0.25, 0.3) is 0 Å². The summed E-state index contributed by atoms with van der Waals surface area (Å²) >= 11 is 0. The zero-order chi connectivity index (χ0) is 19.4. The molecule has 1 fully saturated rings. The minimum atomic E-state index is -3.46. The fourth-order valence-corrected chi connectivity index (χ4v) is 4.64. The normalized spacial score (nSPS) is 16.4. The molecule has 0 radical (unpaired) electrons. The number of hydrogen-bond acceptors (Lipinski definition) is 4. The number of rotatable bonds is 6. The second-order valence-electron chi connectivity index (χ2n) is 7.18. The maximum absolute atomic E-state index is 12.7. The number of nitrogens with zero attached hydrogens (tertiary/aromatic N) is 3. The van der Waals surface area contributed by atoms with Crippen molar-refractivity contribution in [2.24, 2.45) is 13.0 Å². The quantitative estimate of drug-likeness (QED) is 0.821. The molecule has 1 aromatic heterocycles. The molecule has 1 saturated heterocycles. The molecule has 2 aromatic rings. The number of piperidine rings is 1. The van der Waals surface area contributed by atoms with E-state index in [-0.39, 0.29) is 10.8 Å². The summed E-state index contributed by atoms with van der Waals surface area (Å²) in [6, 6.07) is 6.40. The number of hydrogen-bond donors (Lipinski definition) is 1. The molecule has 0 atom stereocenters. The van der Waals surface area contributed by atoms with E-state index in [1.807, 2.05) is 13.2 Å². The van der Waals surface area contributed by atoms with Gasteiger partial charge in [0.2, 0.25) is 15.9 Å². The van der Waals surface area contributed by atoms with Crippen LogP contribution >= 0.6 is 0 Å². The maximum atomic E-state index is 12.7. The third kappa shape index (κ3) is 4.95. The van der Waals surface area contributed by atoms with Gasteiger partial charge in [0.1, 0.15) is 0 Å². The fourth-order valence-electron chi connectivity index (χ4n) is 3.17. The summed E-state index contributed by atoms with van der Waals surface area (Å²) in [4.78, 5) is 12.4. The van der Waals surface area contributed by atoms with E-state index < -0.39 is 10.0 Å². The predicted octanol–water partition coefficient (Wildman–Crippen LogP) is 2.41. The fraction of sp³-hybridized carbons (Fsp3) is 0.474. The third-order valence-electron chi connectivity index (χ3n) is 4.92. The van der Waals surface area contributed by atoms with Gasteiger partial charge in [-0.15, -0.1) is 0 Å². The Morgan fingerprint density at radius 1 is 1.22 bits per heavy atom. The lowest BCUT2D eigenvalue weighted by molar-refractivity contribution is -0.116. The first-order chi connectivity index (χ1) is 12.8. The molecular weight excluding hydrogens is 364 g/mol. The van der Waals surface area contributed by atoms with E-state index in [0.29, 0.717) is 37.5 Å². The molecule has 146 valence electrons. The molecule has 2 heterocycles. The summed E-state index contributed by atoms with van der Waals surface area (Å²) in [6.45, 7) is 3.28. The van der Waals surface area contributed by atoms with E-state index in [0.717, 1.165) is 18.4 Å². The summed E-state index contributed by atoms with van der Waals surface area (Å²) in [5.74, 6) is 0.459. The smallest absolute Gasteiger partial charge is 0.243 e. The van der Waals surface area contributed by atoms with Gasteiger partial charge in [0.15, 0.2) is 0 Å². The van der Waals surface area contributed by atoms with Crippen LogP contribution in [0.2, 0.25) is 0 Å². The zero-order valence-electron chi connectivity index (χ0n) is 15.8. The summed E-state index contributed by atoms with van der Waals surface area (Å²) in [5, 5.41) is 6.89. The number of amides is 1. The lowest BCUT2D eigenvalue weighted by atomic mass is 10.0. The van der Waals surface area contributed by atoms with Crippen molar-refractivity contribution < 1.29 is 13.2 Å². The predicted molar refractivity (Wildman–Crippen MR) is 104 cm³/mol. The van der Waals surface area contributed by atoms with Gasteiger partial charge in [0.25, 0.3) is 0 Å². The molecule has 8 heteroatoms. The van der Waals surface area contributed by atoms with Crippen LogP contribution in [0.3, 0.4) is 0 Å². The third-order valence-corrected chi connectivity index (χ3v) is 6.83. The van der Waals surface area contributed by atoms with Crippen LogP contribution in [0.1, 0.15) is 31.7 Å². The average Bonchev–Trinajstić information content (AvgIpc) is 3.06. The second-order valence-corrected chi connectivity index (χ2v) is 9.12. The number of carbonyl (C=O) groups is 1. The maximum Gasteiger partial charge on any atom is 0.243 e. The van der Waals surface area contributed by atoms with Crippen molar-refractivity contribution >= 4 is 21.6 Å². The van der Waals surface area contributed by atoms with Crippen LogP contribution in [-0.2, 0) is 28.3 Å². The van der Waals surface area contributed by atoms with Gasteiger partial charge in [-0.2, -0.15) is 9.40 Å². The van der Waals surface area contributed by atoms with Gasteiger partial charge in [-0.05, 0) is 55.0 Å². The van der Waals surface area contributed by atoms with Gasteiger partial charge >= 0.3 is 0 Å². The summed E-state index contributed by atoms with van der Waals surface area (Å²) in [6.07, 6.45) is 6.37. The molecule has 3 rings (SSSR count). The summed E-state index contributed by atoms with van der Waals surface area (Å²) in [5.41, 5.74) is 1.60. The van der Waals surface area contributed by atoms with Gasteiger partial charge < -0.3 is 5.32 Å². The van der Waals surface area contributed by atoms with Crippen LogP contribution in [0.4, 0.5) is 5.69 Å². The minimum Gasteiger partial charge on any atom is -0.326 e. The molecule has 0 aliphatic carbocycles. The molecule has 0 bridgehead atoms.